The number of hydrogen-bond donors (Lipinski definition) is 1. The van der Waals surface area contributed by atoms with E-state index >= 15 is 0 Å². The molecule has 4 rings (SSSR count). The third-order valence-electron chi connectivity index (χ3n) is 4.09. The lowest BCUT2D eigenvalue weighted by Gasteiger charge is -2.30. The van der Waals surface area contributed by atoms with Crippen LogP contribution in [-0.2, 0) is 11.3 Å². The zero-order chi connectivity index (χ0) is 15.6. The molecular formula is C19H16N2O2. The number of rotatable bonds is 3. The zero-order valence-corrected chi connectivity index (χ0v) is 12.5. The Hall–Kier alpha value is -2.56. The van der Waals surface area contributed by atoms with Gasteiger partial charge in [0.1, 0.15) is 12.2 Å². The van der Waals surface area contributed by atoms with Crippen LogP contribution in [0.3, 0.4) is 0 Å². The van der Waals surface area contributed by atoms with Crippen LogP contribution in [0.25, 0.3) is 11.4 Å². The molecule has 0 radical (unpaired) electrons. The van der Waals surface area contributed by atoms with Crippen LogP contribution in [0, 0.1) is 0 Å². The van der Waals surface area contributed by atoms with Crippen molar-refractivity contribution in [2.45, 2.75) is 18.8 Å². The molecule has 1 N–H and O–H groups in total. The van der Waals surface area contributed by atoms with Gasteiger partial charge in [0, 0.05) is 23.5 Å². The van der Waals surface area contributed by atoms with Crippen molar-refractivity contribution in [3.8, 4) is 11.4 Å². The lowest BCUT2D eigenvalue weighted by Crippen LogP contribution is -2.21. The van der Waals surface area contributed by atoms with E-state index in [1.165, 1.54) is 0 Å². The molecule has 4 heteroatoms. The normalized spacial score (nSPS) is 19.0. The van der Waals surface area contributed by atoms with E-state index in [1.54, 1.807) is 12.4 Å². The first-order chi connectivity index (χ1) is 11.3. The van der Waals surface area contributed by atoms with Crippen molar-refractivity contribution >= 4 is 0 Å². The van der Waals surface area contributed by atoms with Crippen molar-refractivity contribution in [1.82, 2.24) is 9.97 Å². The Morgan fingerprint density at radius 2 is 1.48 bits per heavy atom. The third kappa shape index (κ3) is 2.52. The molecule has 0 saturated heterocycles. The molecule has 1 aliphatic carbocycles. The molecule has 2 atom stereocenters. The van der Waals surface area contributed by atoms with Gasteiger partial charge in [-0.2, -0.15) is 0 Å². The van der Waals surface area contributed by atoms with Gasteiger partial charge < -0.3 is 9.84 Å². The summed E-state index contributed by atoms with van der Waals surface area (Å²) < 4.78 is 6.05. The van der Waals surface area contributed by atoms with Gasteiger partial charge in [-0.3, -0.25) is 9.97 Å². The number of pyridine rings is 2. The monoisotopic (exact) mass is 304 g/mol. The lowest BCUT2D eigenvalue weighted by atomic mass is 9.88. The minimum absolute atomic E-state index is 0.437. The standard InChI is InChI=1S/C19H16N2O2/c22-18-14-8-4-10-20-16(14)17-15(9-5-11-21-17)19(18)23-12-13-6-2-1-3-7-13/h1-11,18-19,22H,12H2/t18-,19-/m1/s1. The van der Waals surface area contributed by atoms with Crippen molar-refractivity contribution in [2.24, 2.45) is 0 Å². The van der Waals surface area contributed by atoms with E-state index < -0.39 is 12.2 Å². The van der Waals surface area contributed by atoms with E-state index in [4.69, 9.17) is 4.74 Å². The van der Waals surface area contributed by atoms with Crippen LogP contribution in [0.2, 0.25) is 0 Å². The molecule has 2 aromatic heterocycles. The first-order valence-electron chi connectivity index (χ1n) is 7.58. The lowest BCUT2D eigenvalue weighted by molar-refractivity contribution is -0.0512. The third-order valence-corrected chi connectivity index (χ3v) is 4.09. The van der Waals surface area contributed by atoms with Crippen molar-refractivity contribution < 1.29 is 9.84 Å². The maximum absolute atomic E-state index is 10.8. The highest BCUT2D eigenvalue weighted by atomic mass is 16.5. The second-order valence-electron chi connectivity index (χ2n) is 5.54. The van der Waals surface area contributed by atoms with Gasteiger partial charge in [-0.1, -0.05) is 42.5 Å². The molecule has 0 amide bonds. The van der Waals surface area contributed by atoms with Gasteiger partial charge in [-0.15, -0.1) is 0 Å². The average Bonchev–Trinajstić information content (AvgIpc) is 2.63. The Labute approximate surface area is 134 Å². The Balaban J connectivity index is 1.70. The highest BCUT2D eigenvalue weighted by molar-refractivity contribution is 5.67. The number of hydrogen-bond acceptors (Lipinski definition) is 4. The number of aliphatic hydroxyl groups is 1. The van der Waals surface area contributed by atoms with E-state index in [1.807, 2.05) is 54.6 Å². The van der Waals surface area contributed by atoms with Gasteiger partial charge in [0.05, 0.1) is 18.0 Å². The molecule has 2 heterocycles. The number of aromatic nitrogens is 2. The highest BCUT2D eigenvalue weighted by Crippen LogP contribution is 2.44. The van der Waals surface area contributed by atoms with Gasteiger partial charge in [0.15, 0.2) is 0 Å². The van der Waals surface area contributed by atoms with Crippen LogP contribution in [0.1, 0.15) is 28.9 Å². The SMILES string of the molecule is O[C@@H]1c2cccnc2-c2ncccc2[C@H]1OCc1ccccc1. The van der Waals surface area contributed by atoms with Gasteiger partial charge in [0.25, 0.3) is 0 Å². The zero-order valence-electron chi connectivity index (χ0n) is 12.5. The maximum atomic E-state index is 10.8. The van der Waals surface area contributed by atoms with E-state index in [-0.39, 0.29) is 0 Å². The molecule has 0 spiro atoms. The summed E-state index contributed by atoms with van der Waals surface area (Å²) in [7, 11) is 0. The molecule has 1 aliphatic rings. The average molecular weight is 304 g/mol. The fourth-order valence-electron chi connectivity index (χ4n) is 2.97. The molecule has 0 fully saturated rings. The summed E-state index contributed by atoms with van der Waals surface area (Å²) in [5.74, 6) is 0. The van der Waals surface area contributed by atoms with Crippen LogP contribution in [0.4, 0.5) is 0 Å². The van der Waals surface area contributed by atoms with Gasteiger partial charge >= 0.3 is 0 Å². The molecule has 0 bridgehead atoms. The second-order valence-corrected chi connectivity index (χ2v) is 5.54. The Morgan fingerprint density at radius 3 is 2.22 bits per heavy atom. The van der Waals surface area contributed by atoms with Crippen molar-refractivity contribution in [3.63, 3.8) is 0 Å². The van der Waals surface area contributed by atoms with Crippen molar-refractivity contribution in [3.05, 3.63) is 83.7 Å². The quantitative estimate of drug-likeness (QED) is 0.805. The van der Waals surface area contributed by atoms with E-state index in [2.05, 4.69) is 9.97 Å². The Kier molecular flexibility index (Phi) is 3.61. The van der Waals surface area contributed by atoms with Crippen LogP contribution < -0.4 is 0 Å². The van der Waals surface area contributed by atoms with Crippen LogP contribution in [0.5, 0.6) is 0 Å². The van der Waals surface area contributed by atoms with E-state index in [9.17, 15) is 5.11 Å². The van der Waals surface area contributed by atoms with Gasteiger partial charge in [-0.25, -0.2) is 0 Å². The Bertz CT molecular complexity index is 820. The van der Waals surface area contributed by atoms with Gasteiger partial charge in [-0.05, 0) is 17.7 Å². The summed E-state index contributed by atoms with van der Waals surface area (Å²) in [5.41, 5.74) is 4.22. The fourth-order valence-corrected chi connectivity index (χ4v) is 2.97. The van der Waals surface area contributed by atoms with E-state index in [0.29, 0.717) is 6.61 Å². The number of fused-ring (bicyclic) bond motifs is 3. The molecule has 3 aromatic rings. The topological polar surface area (TPSA) is 55.2 Å². The molecule has 4 nitrogen and oxygen atoms in total. The first-order valence-corrected chi connectivity index (χ1v) is 7.58. The van der Waals surface area contributed by atoms with Crippen LogP contribution >= 0.6 is 0 Å². The predicted molar refractivity (Wildman–Crippen MR) is 86.4 cm³/mol. The molecule has 114 valence electrons. The van der Waals surface area contributed by atoms with Crippen molar-refractivity contribution in [1.29, 1.82) is 0 Å². The highest BCUT2D eigenvalue weighted by Gasteiger charge is 2.34. The number of aliphatic hydroxyl groups excluding tert-OH is 1. The summed E-state index contributed by atoms with van der Waals surface area (Å²) in [6, 6.07) is 17.4. The summed E-state index contributed by atoms with van der Waals surface area (Å²) >= 11 is 0. The molecule has 0 unspecified atom stereocenters. The van der Waals surface area contributed by atoms with E-state index in [0.717, 1.165) is 28.1 Å². The minimum Gasteiger partial charge on any atom is -0.385 e. The fraction of sp³-hybridized carbons (Fsp3) is 0.158. The summed E-state index contributed by atoms with van der Waals surface area (Å²) in [4.78, 5) is 8.83. The second kappa shape index (κ2) is 5.91. The predicted octanol–water partition coefficient (Wildman–Crippen LogP) is 3.45. The van der Waals surface area contributed by atoms with Gasteiger partial charge in [0.2, 0.25) is 0 Å². The molecule has 0 saturated carbocycles. The molecule has 1 aromatic carbocycles. The Morgan fingerprint density at radius 1 is 0.826 bits per heavy atom. The number of benzene rings is 1. The smallest absolute Gasteiger partial charge is 0.115 e. The molecule has 0 aliphatic heterocycles. The maximum Gasteiger partial charge on any atom is 0.115 e. The summed E-state index contributed by atoms with van der Waals surface area (Å²) in [6.07, 6.45) is 2.26. The largest absolute Gasteiger partial charge is 0.385 e. The first kappa shape index (κ1) is 14.1. The van der Waals surface area contributed by atoms with Crippen molar-refractivity contribution in [2.75, 3.05) is 0 Å². The molecular weight excluding hydrogens is 288 g/mol. The number of nitrogens with zero attached hydrogens (tertiary/aromatic N) is 2. The van der Waals surface area contributed by atoms with Crippen LogP contribution in [0.15, 0.2) is 67.0 Å². The number of ether oxygens (including phenoxy) is 1. The summed E-state index contributed by atoms with van der Waals surface area (Å²) in [6.45, 7) is 0.437. The van der Waals surface area contributed by atoms with Crippen LogP contribution in [-0.4, -0.2) is 15.1 Å². The minimum atomic E-state index is -0.751. The summed E-state index contributed by atoms with van der Waals surface area (Å²) in [5, 5.41) is 10.8. The molecule has 23 heavy (non-hydrogen) atoms.